The van der Waals surface area contributed by atoms with Crippen molar-refractivity contribution in [2.75, 3.05) is 44.2 Å². The highest BCUT2D eigenvalue weighted by molar-refractivity contribution is 5.57. The summed E-state index contributed by atoms with van der Waals surface area (Å²) in [5, 5.41) is 16.8. The van der Waals surface area contributed by atoms with Crippen molar-refractivity contribution < 1.29 is 5.11 Å². The molecule has 4 nitrogen and oxygen atoms in total. The van der Waals surface area contributed by atoms with Gasteiger partial charge in [-0.2, -0.15) is 0 Å². The summed E-state index contributed by atoms with van der Waals surface area (Å²) in [7, 11) is 0. The van der Waals surface area contributed by atoms with E-state index < -0.39 is 5.60 Å². The van der Waals surface area contributed by atoms with Crippen molar-refractivity contribution in [3.8, 4) is 0 Å². The molecule has 0 amide bonds. The molecular formula is C16H25N3O. The van der Waals surface area contributed by atoms with Gasteiger partial charge in [0.15, 0.2) is 0 Å². The molecule has 0 aromatic heterocycles. The molecule has 0 aliphatic carbocycles. The van der Waals surface area contributed by atoms with Crippen LogP contribution >= 0.6 is 0 Å². The molecule has 20 heavy (non-hydrogen) atoms. The van der Waals surface area contributed by atoms with Crippen molar-refractivity contribution in [2.45, 2.75) is 24.9 Å². The Balaban J connectivity index is 1.37. The average molecular weight is 275 g/mol. The first-order valence-electron chi connectivity index (χ1n) is 7.74. The Kier molecular flexibility index (Phi) is 4.24. The van der Waals surface area contributed by atoms with Gasteiger partial charge in [-0.3, -0.25) is 0 Å². The van der Waals surface area contributed by atoms with Crippen molar-refractivity contribution in [1.29, 1.82) is 0 Å². The molecule has 0 radical (unpaired) electrons. The van der Waals surface area contributed by atoms with Gasteiger partial charge in [0.1, 0.15) is 0 Å². The van der Waals surface area contributed by atoms with E-state index in [-0.39, 0.29) is 0 Å². The highest BCUT2D eigenvalue weighted by atomic mass is 16.3. The van der Waals surface area contributed by atoms with Gasteiger partial charge < -0.3 is 20.6 Å². The standard InChI is InChI=1S/C16H25N3O/c20-16(7-9-18-13-16)12-17-8-3-10-19-11-6-14-4-1-2-5-15(14)19/h1-2,4-5,17-18,20H,3,6-13H2. The molecule has 2 aliphatic rings. The summed E-state index contributed by atoms with van der Waals surface area (Å²) in [6, 6.07) is 8.71. The predicted molar refractivity (Wildman–Crippen MR) is 82.3 cm³/mol. The summed E-state index contributed by atoms with van der Waals surface area (Å²) in [6.07, 6.45) is 3.16. The van der Waals surface area contributed by atoms with E-state index in [1.807, 2.05) is 0 Å². The fraction of sp³-hybridized carbons (Fsp3) is 0.625. The normalized spacial score (nSPS) is 25.1. The number of hydrogen-bond acceptors (Lipinski definition) is 4. The average Bonchev–Trinajstić information content (AvgIpc) is 3.06. The molecule has 0 saturated carbocycles. The van der Waals surface area contributed by atoms with Crippen LogP contribution in [0.4, 0.5) is 5.69 Å². The Hall–Kier alpha value is -1.10. The van der Waals surface area contributed by atoms with Gasteiger partial charge in [0.25, 0.3) is 0 Å². The molecule has 1 fully saturated rings. The van der Waals surface area contributed by atoms with E-state index in [2.05, 4.69) is 39.8 Å². The predicted octanol–water partition coefficient (Wildman–Crippen LogP) is 0.753. The van der Waals surface area contributed by atoms with E-state index >= 15 is 0 Å². The Morgan fingerprint density at radius 1 is 1.35 bits per heavy atom. The van der Waals surface area contributed by atoms with Gasteiger partial charge in [0.2, 0.25) is 0 Å². The third-order valence-corrected chi connectivity index (χ3v) is 4.44. The van der Waals surface area contributed by atoms with Crippen molar-refractivity contribution in [2.24, 2.45) is 0 Å². The minimum Gasteiger partial charge on any atom is -0.387 e. The van der Waals surface area contributed by atoms with Crippen LogP contribution in [0.5, 0.6) is 0 Å². The van der Waals surface area contributed by atoms with Gasteiger partial charge in [0, 0.05) is 31.9 Å². The summed E-state index contributed by atoms with van der Waals surface area (Å²) < 4.78 is 0. The fourth-order valence-electron chi connectivity index (χ4n) is 3.24. The number of aliphatic hydroxyl groups is 1. The maximum Gasteiger partial charge on any atom is 0.0907 e. The molecule has 2 heterocycles. The number of fused-ring (bicyclic) bond motifs is 1. The number of hydrogen-bond donors (Lipinski definition) is 3. The molecule has 3 N–H and O–H groups in total. The number of rotatable bonds is 6. The van der Waals surface area contributed by atoms with Crippen LogP contribution in [-0.2, 0) is 6.42 Å². The smallest absolute Gasteiger partial charge is 0.0907 e. The zero-order valence-electron chi connectivity index (χ0n) is 12.1. The van der Waals surface area contributed by atoms with Crippen LogP contribution in [0.1, 0.15) is 18.4 Å². The van der Waals surface area contributed by atoms with E-state index in [0.29, 0.717) is 6.54 Å². The quantitative estimate of drug-likeness (QED) is 0.671. The molecule has 3 rings (SSSR count). The van der Waals surface area contributed by atoms with Crippen LogP contribution in [0.2, 0.25) is 0 Å². The van der Waals surface area contributed by atoms with Gasteiger partial charge in [-0.05, 0) is 44.0 Å². The lowest BCUT2D eigenvalue weighted by atomic mass is 10.0. The topological polar surface area (TPSA) is 47.5 Å². The minimum atomic E-state index is -0.528. The van der Waals surface area contributed by atoms with E-state index in [1.165, 1.54) is 17.7 Å². The van der Waals surface area contributed by atoms with E-state index in [4.69, 9.17) is 0 Å². The Labute approximate surface area is 121 Å². The maximum atomic E-state index is 10.2. The second kappa shape index (κ2) is 6.12. The van der Waals surface area contributed by atoms with Crippen molar-refractivity contribution >= 4 is 5.69 Å². The molecule has 1 saturated heterocycles. The summed E-state index contributed by atoms with van der Waals surface area (Å²) in [5.41, 5.74) is 2.36. The van der Waals surface area contributed by atoms with Crippen molar-refractivity contribution in [3.05, 3.63) is 29.8 Å². The van der Waals surface area contributed by atoms with Crippen LogP contribution in [0.15, 0.2) is 24.3 Å². The Morgan fingerprint density at radius 3 is 3.10 bits per heavy atom. The molecule has 0 bridgehead atoms. The summed E-state index contributed by atoms with van der Waals surface area (Å²) in [6.45, 7) is 5.58. The second-order valence-electron chi connectivity index (χ2n) is 6.05. The molecule has 1 atom stereocenters. The molecule has 4 heteroatoms. The van der Waals surface area contributed by atoms with Crippen LogP contribution in [0.3, 0.4) is 0 Å². The van der Waals surface area contributed by atoms with Crippen LogP contribution in [0.25, 0.3) is 0 Å². The lowest BCUT2D eigenvalue weighted by molar-refractivity contribution is 0.0613. The number of nitrogens with one attached hydrogen (secondary N) is 2. The first kappa shape index (κ1) is 13.9. The fourth-order valence-corrected chi connectivity index (χ4v) is 3.24. The highest BCUT2D eigenvalue weighted by Gasteiger charge is 2.30. The lowest BCUT2D eigenvalue weighted by Gasteiger charge is -2.23. The summed E-state index contributed by atoms with van der Waals surface area (Å²) in [4.78, 5) is 2.48. The van der Waals surface area contributed by atoms with Gasteiger partial charge in [-0.1, -0.05) is 18.2 Å². The number of anilines is 1. The van der Waals surface area contributed by atoms with Crippen molar-refractivity contribution in [3.63, 3.8) is 0 Å². The number of para-hydroxylation sites is 1. The molecule has 1 unspecified atom stereocenters. The third kappa shape index (κ3) is 3.14. The Morgan fingerprint density at radius 2 is 2.25 bits per heavy atom. The van der Waals surface area contributed by atoms with Gasteiger partial charge >= 0.3 is 0 Å². The number of benzene rings is 1. The zero-order valence-corrected chi connectivity index (χ0v) is 12.1. The SMILES string of the molecule is OC1(CNCCCN2CCc3ccccc32)CCNC1. The lowest BCUT2D eigenvalue weighted by Crippen LogP contribution is -2.43. The monoisotopic (exact) mass is 275 g/mol. The maximum absolute atomic E-state index is 10.2. The molecular weight excluding hydrogens is 250 g/mol. The summed E-state index contributed by atoms with van der Waals surface area (Å²) in [5.74, 6) is 0. The van der Waals surface area contributed by atoms with E-state index in [9.17, 15) is 5.11 Å². The Bertz CT molecular complexity index is 443. The van der Waals surface area contributed by atoms with Gasteiger partial charge in [-0.15, -0.1) is 0 Å². The largest absolute Gasteiger partial charge is 0.387 e. The van der Waals surface area contributed by atoms with Crippen LogP contribution < -0.4 is 15.5 Å². The minimum absolute atomic E-state index is 0.528. The number of nitrogens with zero attached hydrogens (tertiary/aromatic N) is 1. The molecule has 0 spiro atoms. The van der Waals surface area contributed by atoms with E-state index in [1.54, 1.807) is 0 Å². The molecule has 1 aromatic rings. The molecule has 110 valence electrons. The first-order chi connectivity index (χ1) is 9.77. The highest BCUT2D eigenvalue weighted by Crippen LogP contribution is 2.27. The van der Waals surface area contributed by atoms with Gasteiger partial charge in [0.05, 0.1) is 5.60 Å². The van der Waals surface area contributed by atoms with Crippen LogP contribution in [-0.4, -0.2) is 50.0 Å². The van der Waals surface area contributed by atoms with Crippen LogP contribution in [0, 0.1) is 0 Å². The van der Waals surface area contributed by atoms with Crippen molar-refractivity contribution in [1.82, 2.24) is 10.6 Å². The van der Waals surface area contributed by atoms with E-state index in [0.717, 1.165) is 45.6 Å². The first-order valence-corrected chi connectivity index (χ1v) is 7.74. The molecule has 1 aromatic carbocycles. The zero-order chi connectivity index (χ0) is 13.8. The second-order valence-corrected chi connectivity index (χ2v) is 6.05. The number of β-amino-alcohol motifs (C(OH)–C–C–N with tert-alkyl or cyclic N) is 1. The summed E-state index contributed by atoms with van der Waals surface area (Å²) >= 11 is 0. The van der Waals surface area contributed by atoms with Gasteiger partial charge in [-0.25, -0.2) is 0 Å². The third-order valence-electron chi connectivity index (χ3n) is 4.44. The molecule has 2 aliphatic heterocycles.